The molecular formula is C17H11BrF3N3O. The number of hydrogen-bond donors (Lipinski definition) is 1. The summed E-state index contributed by atoms with van der Waals surface area (Å²) in [6.07, 6.45) is -4.98. The molecule has 3 aromatic rings. The molecule has 1 amide bonds. The van der Waals surface area contributed by atoms with Crippen LogP contribution in [0.5, 0.6) is 0 Å². The molecule has 128 valence electrons. The van der Waals surface area contributed by atoms with Crippen LogP contribution in [0.3, 0.4) is 0 Å². The quantitative estimate of drug-likeness (QED) is 0.674. The Morgan fingerprint density at radius 2 is 1.76 bits per heavy atom. The summed E-state index contributed by atoms with van der Waals surface area (Å²) >= 11 is 3.34. The molecule has 0 aliphatic carbocycles. The Hall–Kier alpha value is -2.61. The number of carbonyl (C=O) groups is 1. The minimum atomic E-state index is -4.98. The van der Waals surface area contributed by atoms with Crippen molar-refractivity contribution in [1.29, 1.82) is 0 Å². The molecule has 1 N–H and O–H groups in total. The summed E-state index contributed by atoms with van der Waals surface area (Å²) in [5, 5.41) is 6.22. The lowest BCUT2D eigenvalue weighted by molar-refractivity contribution is -0.167. The van der Waals surface area contributed by atoms with E-state index in [-0.39, 0.29) is 5.82 Å². The average molecular weight is 410 g/mol. The second-order valence-electron chi connectivity index (χ2n) is 5.12. The normalized spacial score (nSPS) is 11.4. The van der Waals surface area contributed by atoms with Crippen LogP contribution in [-0.4, -0.2) is 21.9 Å². The van der Waals surface area contributed by atoms with E-state index in [0.29, 0.717) is 16.9 Å². The molecule has 0 bridgehead atoms. The molecule has 1 aromatic heterocycles. The van der Waals surface area contributed by atoms with Gasteiger partial charge in [-0.2, -0.15) is 18.3 Å². The topological polar surface area (TPSA) is 46.9 Å². The molecule has 0 fully saturated rings. The van der Waals surface area contributed by atoms with E-state index in [1.165, 1.54) is 10.7 Å². The van der Waals surface area contributed by atoms with E-state index in [0.717, 1.165) is 4.47 Å². The Labute approximate surface area is 149 Å². The highest BCUT2D eigenvalue weighted by Crippen LogP contribution is 2.28. The van der Waals surface area contributed by atoms with Gasteiger partial charge >= 0.3 is 12.1 Å². The lowest BCUT2D eigenvalue weighted by atomic mass is 10.1. The maximum atomic E-state index is 12.6. The molecule has 8 heteroatoms. The number of aromatic nitrogens is 2. The number of carbonyl (C=O) groups excluding carboxylic acids is 1. The molecule has 25 heavy (non-hydrogen) atoms. The standard InChI is InChI=1S/C17H11BrF3N3O/c18-12-6-4-5-11(9-12)14-10-15(22-16(25)17(19,20)21)24(23-14)13-7-2-1-3-8-13/h1-10H,(H,22,25). The van der Waals surface area contributed by atoms with Gasteiger partial charge in [-0.15, -0.1) is 0 Å². The van der Waals surface area contributed by atoms with Crippen LogP contribution >= 0.6 is 15.9 Å². The van der Waals surface area contributed by atoms with Gasteiger partial charge in [0, 0.05) is 16.1 Å². The number of alkyl halides is 3. The zero-order chi connectivity index (χ0) is 18.0. The molecule has 0 aliphatic heterocycles. The van der Waals surface area contributed by atoms with Crippen molar-refractivity contribution >= 4 is 27.7 Å². The summed E-state index contributed by atoms with van der Waals surface area (Å²) in [6.45, 7) is 0. The molecule has 0 saturated carbocycles. The zero-order valence-corrected chi connectivity index (χ0v) is 14.2. The van der Waals surface area contributed by atoms with Gasteiger partial charge in [-0.3, -0.25) is 4.79 Å². The van der Waals surface area contributed by atoms with E-state index < -0.39 is 12.1 Å². The van der Waals surface area contributed by atoms with Crippen molar-refractivity contribution in [1.82, 2.24) is 9.78 Å². The van der Waals surface area contributed by atoms with Crippen LogP contribution in [0.15, 0.2) is 65.1 Å². The van der Waals surface area contributed by atoms with Crippen LogP contribution in [0.4, 0.5) is 19.0 Å². The second-order valence-corrected chi connectivity index (χ2v) is 6.04. The predicted molar refractivity (Wildman–Crippen MR) is 91.4 cm³/mol. The zero-order valence-electron chi connectivity index (χ0n) is 12.6. The van der Waals surface area contributed by atoms with Crippen LogP contribution in [0, 0.1) is 0 Å². The first kappa shape index (κ1) is 17.2. The number of amides is 1. The van der Waals surface area contributed by atoms with Gasteiger partial charge in [-0.05, 0) is 24.3 Å². The molecule has 3 rings (SSSR count). The van der Waals surface area contributed by atoms with Gasteiger partial charge in [0.15, 0.2) is 0 Å². The fourth-order valence-electron chi connectivity index (χ4n) is 2.21. The third kappa shape index (κ3) is 3.90. The highest BCUT2D eigenvalue weighted by molar-refractivity contribution is 9.10. The van der Waals surface area contributed by atoms with E-state index in [1.807, 2.05) is 11.4 Å². The van der Waals surface area contributed by atoms with Crippen LogP contribution in [0.1, 0.15) is 0 Å². The molecule has 0 radical (unpaired) electrons. The SMILES string of the molecule is O=C(Nc1cc(-c2cccc(Br)c2)nn1-c1ccccc1)C(F)(F)F. The van der Waals surface area contributed by atoms with Crippen molar-refractivity contribution in [2.45, 2.75) is 6.18 Å². The number of hydrogen-bond acceptors (Lipinski definition) is 2. The summed E-state index contributed by atoms with van der Waals surface area (Å²) in [5.74, 6) is -2.12. The Kier molecular flexibility index (Phi) is 4.63. The van der Waals surface area contributed by atoms with E-state index in [9.17, 15) is 18.0 Å². The smallest absolute Gasteiger partial charge is 0.303 e. The number of benzene rings is 2. The minimum Gasteiger partial charge on any atom is -0.303 e. The fraction of sp³-hybridized carbons (Fsp3) is 0.0588. The summed E-state index contributed by atoms with van der Waals surface area (Å²) in [5.41, 5.74) is 1.66. The summed E-state index contributed by atoms with van der Waals surface area (Å²) in [4.78, 5) is 11.3. The second kappa shape index (κ2) is 6.72. The van der Waals surface area contributed by atoms with E-state index in [2.05, 4.69) is 21.0 Å². The van der Waals surface area contributed by atoms with E-state index >= 15 is 0 Å². The first-order chi connectivity index (χ1) is 11.8. The van der Waals surface area contributed by atoms with Gasteiger partial charge in [0.1, 0.15) is 5.82 Å². The molecule has 0 aliphatic rings. The molecule has 0 saturated heterocycles. The number of rotatable bonds is 3. The molecule has 4 nitrogen and oxygen atoms in total. The molecule has 0 unspecified atom stereocenters. The van der Waals surface area contributed by atoms with Crippen molar-refractivity contribution in [2.24, 2.45) is 0 Å². The number of nitrogens with one attached hydrogen (secondary N) is 1. The highest BCUT2D eigenvalue weighted by Gasteiger charge is 2.39. The maximum absolute atomic E-state index is 12.6. The van der Waals surface area contributed by atoms with E-state index in [1.54, 1.807) is 48.5 Å². The summed E-state index contributed by atoms with van der Waals surface area (Å²) < 4.78 is 39.9. The first-order valence-corrected chi connectivity index (χ1v) is 7.93. The molecule has 0 atom stereocenters. The van der Waals surface area contributed by atoms with Crippen molar-refractivity contribution in [3.8, 4) is 16.9 Å². The third-order valence-corrected chi connectivity index (χ3v) is 3.82. The number of para-hydroxylation sites is 1. The number of nitrogens with zero attached hydrogens (tertiary/aromatic N) is 2. The Bertz CT molecular complexity index is 907. The van der Waals surface area contributed by atoms with E-state index in [4.69, 9.17) is 0 Å². The fourth-order valence-corrected chi connectivity index (χ4v) is 2.61. The first-order valence-electron chi connectivity index (χ1n) is 7.14. The van der Waals surface area contributed by atoms with Crippen molar-refractivity contribution in [2.75, 3.05) is 5.32 Å². The summed E-state index contributed by atoms with van der Waals surface area (Å²) in [7, 11) is 0. The maximum Gasteiger partial charge on any atom is 0.471 e. The van der Waals surface area contributed by atoms with Gasteiger partial charge in [0.2, 0.25) is 0 Å². The molecular weight excluding hydrogens is 399 g/mol. The summed E-state index contributed by atoms with van der Waals surface area (Å²) in [6, 6.07) is 17.2. The third-order valence-electron chi connectivity index (χ3n) is 3.33. The van der Waals surface area contributed by atoms with Crippen LogP contribution in [0.2, 0.25) is 0 Å². The predicted octanol–water partition coefficient (Wildman–Crippen LogP) is 4.80. The number of anilines is 1. The Morgan fingerprint density at radius 1 is 1.04 bits per heavy atom. The largest absolute Gasteiger partial charge is 0.471 e. The molecule has 1 heterocycles. The monoisotopic (exact) mass is 409 g/mol. The van der Waals surface area contributed by atoms with Gasteiger partial charge in [0.05, 0.1) is 11.4 Å². The highest BCUT2D eigenvalue weighted by atomic mass is 79.9. The Balaban J connectivity index is 2.07. The van der Waals surface area contributed by atoms with Gasteiger partial charge in [-0.25, -0.2) is 4.68 Å². The lowest BCUT2D eigenvalue weighted by Gasteiger charge is -2.10. The van der Waals surface area contributed by atoms with Gasteiger partial charge < -0.3 is 5.32 Å². The Morgan fingerprint density at radius 3 is 2.40 bits per heavy atom. The van der Waals surface area contributed by atoms with Crippen molar-refractivity contribution in [3.05, 3.63) is 65.1 Å². The van der Waals surface area contributed by atoms with Gasteiger partial charge in [-0.1, -0.05) is 46.3 Å². The van der Waals surface area contributed by atoms with Crippen LogP contribution < -0.4 is 5.32 Å². The van der Waals surface area contributed by atoms with Crippen molar-refractivity contribution in [3.63, 3.8) is 0 Å². The lowest BCUT2D eigenvalue weighted by Crippen LogP contribution is -2.30. The molecule has 2 aromatic carbocycles. The minimum absolute atomic E-state index is 0.0662. The van der Waals surface area contributed by atoms with Gasteiger partial charge in [0.25, 0.3) is 0 Å². The van der Waals surface area contributed by atoms with Crippen LogP contribution in [0.25, 0.3) is 16.9 Å². The van der Waals surface area contributed by atoms with Crippen molar-refractivity contribution < 1.29 is 18.0 Å². The molecule has 0 spiro atoms. The number of halogens is 4. The average Bonchev–Trinajstić information content (AvgIpc) is 2.99. The van der Waals surface area contributed by atoms with Crippen LogP contribution in [-0.2, 0) is 4.79 Å².